The first-order valence-corrected chi connectivity index (χ1v) is 7.11. The zero-order chi connectivity index (χ0) is 10.8. The number of rotatable bonds is 3. The number of aryl methyl sites for hydroxylation is 1. The smallest absolute Gasteiger partial charge is 0.0898 e. The summed E-state index contributed by atoms with van der Waals surface area (Å²) in [5.41, 5.74) is 7.10. The largest absolute Gasteiger partial charge is 0.322 e. The number of halogens is 1. The van der Waals surface area contributed by atoms with Crippen molar-refractivity contribution in [2.75, 3.05) is 0 Å². The molecule has 0 amide bonds. The van der Waals surface area contributed by atoms with Crippen LogP contribution >= 0.6 is 38.6 Å². The lowest BCUT2D eigenvalue weighted by atomic mass is 10.1. The van der Waals surface area contributed by atoms with Crippen LogP contribution in [0.4, 0.5) is 0 Å². The van der Waals surface area contributed by atoms with Gasteiger partial charge in [0.2, 0.25) is 0 Å². The number of thiophene rings is 1. The monoisotopic (exact) mass is 302 g/mol. The van der Waals surface area contributed by atoms with E-state index in [2.05, 4.69) is 32.4 Å². The summed E-state index contributed by atoms with van der Waals surface area (Å²) in [7, 11) is 0. The standard InChI is InChI=1S/C10H11BrN2S2/c1-6-13-9(5-15-6)8(12)4-10-7(11)2-3-14-10/h2-3,5,8H,4,12H2,1H3. The molecule has 2 aromatic rings. The number of hydrogen-bond acceptors (Lipinski definition) is 4. The highest BCUT2D eigenvalue weighted by molar-refractivity contribution is 9.10. The molecule has 1 atom stereocenters. The molecule has 0 saturated heterocycles. The predicted octanol–water partition coefficient (Wildman–Crippen LogP) is 3.52. The van der Waals surface area contributed by atoms with Gasteiger partial charge in [0.05, 0.1) is 16.7 Å². The zero-order valence-electron chi connectivity index (χ0n) is 8.24. The van der Waals surface area contributed by atoms with Crippen LogP contribution in [0.5, 0.6) is 0 Å². The maximum Gasteiger partial charge on any atom is 0.0898 e. The van der Waals surface area contributed by atoms with Crippen molar-refractivity contribution < 1.29 is 0 Å². The molecule has 0 aromatic carbocycles. The lowest BCUT2D eigenvalue weighted by Gasteiger charge is -2.07. The van der Waals surface area contributed by atoms with Gasteiger partial charge in [0, 0.05) is 21.2 Å². The fraction of sp³-hybridized carbons (Fsp3) is 0.300. The maximum atomic E-state index is 6.10. The van der Waals surface area contributed by atoms with Crippen molar-refractivity contribution in [2.45, 2.75) is 19.4 Å². The fourth-order valence-electron chi connectivity index (χ4n) is 1.33. The van der Waals surface area contributed by atoms with Crippen LogP contribution in [0.3, 0.4) is 0 Å². The Bertz CT molecular complexity index is 450. The molecule has 0 aliphatic heterocycles. The molecule has 1 unspecified atom stereocenters. The number of nitrogens with zero attached hydrogens (tertiary/aromatic N) is 1. The van der Waals surface area contributed by atoms with E-state index in [9.17, 15) is 0 Å². The van der Waals surface area contributed by atoms with Crippen LogP contribution < -0.4 is 5.73 Å². The third kappa shape index (κ3) is 2.66. The van der Waals surface area contributed by atoms with Crippen LogP contribution in [0.2, 0.25) is 0 Å². The average Bonchev–Trinajstić information content (AvgIpc) is 2.77. The Labute approximate surface area is 105 Å². The van der Waals surface area contributed by atoms with E-state index >= 15 is 0 Å². The van der Waals surface area contributed by atoms with Crippen molar-refractivity contribution in [3.63, 3.8) is 0 Å². The molecule has 0 spiro atoms. The molecule has 0 aliphatic rings. The van der Waals surface area contributed by atoms with Crippen LogP contribution in [-0.2, 0) is 6.42 Å². The van der Waals surface area contributed by atoms with Gasteiger partial charge in [-0.1, -0.05) is 0 Å². The Hall–Kier alpha value is -0.230. The third-order valence-corrected chi connectivity index (χ3v) is 4.85. The summed E-state index contributed by atoms with van der Waals surface area (Å²) in [6.45, 7) is 2.00. The van der Waals surface area contributed by atoms with Crippen molar-refractivity contribution in [1.82, 2.24) is 4.98 Å². The quantitative estimate of drug-likeness (QED) is 0.942. The molecule has 0 aliphatic carbocycles. The van der Waals surface area contributed by atoms with E-state index in [0.717, 1.165) is 21.6 Å². The third-order valence-electron chi connectivity index (χ3n) is 2.11. The second-order valence-electron chi connectivity index (χ2n) is 3.29. The fourth-order valence-corrected chi connectivity index (χ4v) is 3.58. The highest BCUT2D eigenvalue weighted by Gasteiger charge is 2.12. The summed E-state index contributed by atoms with van der Waals surface area (Å²) in [6, 6.07) is 2.06. The Balaban J connectivity index is 2.10. The van der Waals surface area contributed by atoms with E-state index in [-0.39, 0.29) is 6.04 Å². The molecule has 2 N–H and O–H groups in total. The van der Waals surface area contributed by atoms with E-state index in [1.165, 1.54) is 4.88 Å². The number of aromatic nitrogens is 1. The van der Waals surface area contributed by atoms with Crippen molar-refractivity contribution in [3.05, 3.63) is 36.9 Å². The molecule has 80 valence electrons. The average molecular weight is 303 g/mol. The highest BCUT2D eigenvalue weighted by atomic mass is 79.9. The van der Waals surface area contributed by atoms with Gasteiger partial charge in [-0.25, -0.2) is 4.98 Å². The predicted molar refractivity (Wildman–Crippen MR) is 69.5 cm³/mol. The van der Waals surface area contributed by atoms with Gasteiger partial charge in [-0.05, 0) is 34.3 Å². The maximum absolute atomic E-state index is 6.10. The molecule has 2 rings (SSSR count). The molecule has 2 aromatic heterocycles. The Morgan fingerprint density at radius 2 is 2.33 bits per heavy atom. The minimum atomic E-state index is 0.00454. The number of hydrogen-bond donors (Lipinski definition) is 1. The number of thiazole rings is 1. The molecule has 0 saturated carbocycles. The first kappa shape index (κ1) is 11.3. The molecule has 0 radical (unpaired) electrons. The topological polar surface area (TPSA) is 38.9 Å². The molecule has 0 bridgehead atoms. The van der Waals surface area contributed by atoms with Crippen molar-refractivity contribution >= 4 is 38.6 Å². The van der Waals surface area contributed by atoms with Gasteiger partial charge in [0.25, 0.3) is 0 Å². The van der Waals surface area contributed by atoms with Gasteiger partial charge in [0.1, 0.15) is 0 Å². The Morgan fingerprint density at radius 3 is 2.87 bits per heavy atom. The van der Waals surface area contributed by atoms with Gasteiger partial charge in [-0.15, -0.1) is 22.7 Å². The summed E-state index contributed by atoms with van der Waals surface area (Å²) < 4.78 is 1.15. The summed E-state index contributed by atoms with van der Waals surface area (Å²) in [5.74, 6) is 0. The van der Waals surface area contributed by atoms with E-state index in [1.54, 1.807) is 22.7 Å². The summed E-state index contributed by atoms with van der Waals surface area (Å²) in [4.78, 5) is 5.69. The lowest BCUT2D eigenvalue weighted by Crippen LogP contribution is -2.13. The van der Waals surface area contributed by atoms with E-state index < -0.39 is 0 Å². The van der Waals surface area contributed by atoms with Gasteiger partial charge < -0.3 is 5.73 Å². The normalized spacial score (nSPS) is 13.0. The summed E-state index contributed by atoms with van der Waals surface area (Å²) in [6.07, 6.45) is 0.849. The SMILES string of the molecule is Cc1nc(C(N)Cc2sccc2Br)cs1. The van der Waals surface area contributed by atoms with Crippen molar-refractivity contribution in [3.8, 4) is 0 Å². The second kappa shape index (κ2) is 4.74. The van der Waals surface area contributed by atoms with Gasteiger partial charge >= 0.3 is 0 Å². The first-order valence-electron chi connectivity index (χ1n) is 4.56. The van der Waals surface area contributed by atoms with E-state index in [4.69, 9.17) is 5.73 Å². The summed E-state index contributed by atoms with van der Waals surface area (Å²) in [5, 5.41) is 5.19. The first-order chi connectivity index (χ1) is 7.16. The molecular formula is C10H11BrN2S2. The van der Waals surface area contributed by atoms with Crippen molar-refractivity contribution in [1.29, 1.82) is 0 Å². The zero-order valence-corrected chi connectivity index (χ0v) is 11.5. The van der Waals surface area contributed by atoms with Crippen LogP contribution in [0.1, 0.15) is 21.6 Å². The summed E-state index contributed by atoms with van der Waals surface area (Å²) >= 11 is 6.89. The molecule has 2 heterocycles. The second-order valence-corrected chi connectivity index (χ2v) is 6.21. The van der Waals surface area contributed by atoms with E-state index in [0.29, 0.717) is 0 Å². The van der Waals surface area contributed by atoms with Crippen LogP contribution in [0, 0.1) is 6.92 Å². The van der Waals surface area contributed by atoms with E-state index in [1.807, 2.05) is 12.3 Å². The van der Waals surface area contributed by atoms with Gasteiger partial charge in [-0.3, -0.25) is 0 Å². The minimum Gasteiger partial charge on any atom is -0.322 e. The van der Waals surface area contributed by atoms with Gasteiger partial charge in [-0.2, -0.15) is 0 Å². The van der Waals surface area contributed by atoms with Crippen LogP contribution in [0.25, 0.3) is 0 Å². The van der Waals surface area contributed by atoms with Crippen LogP contribution in [0.15, 0.2) is 21.3 Å². The molecular weight excluding hydrogens is 292 g/mol. The highest BCUT2D eigenvalue weighted by Crippen LogP contribution is 2.27. The minimum absolute atomic E-state index is 0.00454. The Morgan fingerprint density at radius 1 is 1.53 bits per heavy atom. The molecule has 2 nitrogen and oxygen atoms in total. The lowest BCUT2D eigenvalue weighted by molar-refractivity contribution is 0.706. The number of nitrogens with two attached hydrogens (primary N) is 1. The van der Waals surface area contributed by atoms with Crippen LogP contribution in [-0.4, -0.2) is 4.98 Å². The molecule has 15 heavy (non-hydrogen) atoms. The molecule has 5 heteroatoms. The Kier molecular flexibility index (Phi) is 3.56. The van der Waals surface area contributed by atoms with Crippen molar-refractivity contribution in [2.24, 2.45) is 5.73 Å². The molecule has 0 fully saturated rings. The van der Waals surface area contributed by atoms with Gasteiger partial charge in [0.15, 0.2) is 0 Å².